The highest BCUT2D eigenvalue weighted by Crippen LogP contribution is 2.27. The second kappa shape index (κ2) is 6.92. The van der Waals surface area contributed by atoms with Gasteiger partial charge in [0.1, 0.15) is 0 Å². The molecule has 0 aromatic heterocycles. The van der Waals surface area contributed by atoms with E-state index in [1.54, 1.807) is 0 Å². The van der Waals surface area contributed by atoms with Crippen LogP contribution in [0.4, 0.5) is 4.79 Å². The molecular formula is C14H25N3O3. The molecule has 1 N–H and O–H groups in total. The lowest BCUT2D eigenvalue weighted by molar-refractivity contribution is -0.138. The van der Waals surface area contributed by atoms with Crippen molar-refractivity contribution in [3.8, 4) is 0 Å². The van der Waals surface area contributed by atoms with E-state index in [9.17, 15) is 9.59 Å². The van der Waals surface area contributed by atoms with Crippen molar-refractivity contribution in [2.45, 2.75) is 26.2 Å². The van der Waals surface area contributed by atoms with Gasteiger partial charge in [0.05, 0.1) is 6.54 Å². The second-order valence-corrected chi connectivity index (χ2v) is 5.78. The Hall–Kier alpha value is -1.30. The summed E-state index contributed by atoms with van der Waals surface area (Å²) in [6.45, 7) is 6.30. The molecule has 0 spiro atoms. The number of carbonyl (C=O) groups excluding carboxylic acids is 1. The van der Waals surface area contributed by atoms with Crippen molar-refractivity contribution in [2.24, 2.45) is 5.92 Å². The Kier molecular flexibility index (Phi) is 5.23. The maximum Gasteiger partial charge on any atom is 0.320 e. The minimum Gasteiger partial charge on any atom is -0.480 e. The summed E-state index contributed by atoms with van der Waals surface area (Å²) in [7, 11) is 0. The summed E-state index contributed by atoms with van der Waals surface area (Å²) in [5, 5.41) is 8.77. The fraction of sp³-hybridized carbons (Fsp3) is 0.857. The van der Waals surface area contributed by atoms with Crippen LogP contribution in [0.1, 0.15) is 26.2 Å². The number of rotatable bonds is 5. The average molecular weight is 283 g/mol. The van der Waals surface area contributed by atoms with Gasteiger partial charge < -0.3 is 14.9 Å². The monoisotopic (exact) mass is 283 g/mol. The van der Waals surface area contributed by atoms with Crippen LogP contribution in [0, 0.1) is 5.92 Å². The lowest BCUT2D eigenvalue weighted by Gasteiger charge is -2.38. The molecule has 0 unspecified atom stereocenters. The predicted molar refractivity (Wildman–Crippen MR) is 75.6 cm³/mol. The van der Waals surface area contributed by atoms with Crippen LogP contribution in [0.5, 0.6) is 0 Å². The van der Waals surface area contributed by atoms with E-state index < -0.39 is 5.97 Å². The normalized spacial score (nSPS) is 20.6. The number of carboxylic acid groups (broad SMARTS) is 1. The number of nitrogens with zero attached hydrogens (tertiary/aromatic N) is 3. The molecule has 2 rings (SSSR count). The number of urea groups is 1. The zero-order valence-electron chi connectivity index (χ0n) is 12.3. The molecule has 0 aromatic rings. The molecule has 2 fully saturated rings. The van der Waals surface area contributed by atoms with Gasteiger partial charge in [0.2, 0.25) is 0 Å². The maximum atomic E-state index is 12.5. The van der Waals surface area contributed by atoms with Crippen LogP contribution in [0.3, 0.4) is 0 Å². The molecule has 0 bridgehead atoms. The van der Waals surface area contributed by atoms with Gasteiger partial charge in [0.15, 0.2) is 0 Å². The first kappa shape index (κ1) is 15.1. The van der Waals surface area contributed by atoms with Gasteiger partial charge in [-0.2, -0.15) is 0 Å². The summed E-state index contributed by atoms with van der Waals surface area (Å²) in [5.41, 5.74) is 0. The Morgan fingerprint density at radius 3 is 2.30 bits per heavy atom. The third-order valence-electron chi connectivity index (χ3n) is 4.36. The van der Waals surface area contributed by atoms with Gasteiger partial charge in [-0.1, -0.05) is 6.42 Å². The number of carbonyl (C=O) groups is 2. The zero-order valence-corrected chi connectivity index (χ0v) is 12.3. The first-order valence-corrected chi connectivity index (χ1v) is 7.58. The van der Waals surface area contributed by atoms with E-state index in [1.807, 2.05) is 21.6 Å². The molecule has 1 aliphatic heterocycles. The quantitative estimate of drug-likeness (QED) is 0.815. The SMILES string of the molecule is CCN(CC1CCC1)C(=O)N1CCN(CC(=O)O)CC1. The van der Waals surface area contributed by atoms with Crippen molar-refractivity contribution in [1.82, 2.24) is 14.7 Å². The lowest BCUT2D eigenvalue weighted by Crippen LogP contribution is -2.54. The molecule has 1 heterocycles. The van der Waals surface area contributed by atoms with Crippen LogP contribution in [0.15, 0.2) is 0 Å². The van der Waals surface area contributed by atoms with Gasteiger partial charge in [0, 0.05) is 39.3 Å². The molecule has 1 saturated heterocycles. The molecule has 2 aliphatic rings. The Balaban J connectivity index is 1.78. The number of aliphatic carboxylic acids is 1. The van der Waals surface area contributed by atoms with Crippen LogP contribution in [-0.2, 0) is 4.79 Å². The molecule has 20 heavy (non-hydrogen) atoms. The van der Waals surface area contributed by atoms with Crippen molar-refractivity contribution in [2.75, 3.05) is 45.8 Å². The summed E-state index contributed by atoms with van der Waals surface area (Å²) < 4.78 is 0. The summed E-state index contributed by atoms with van der Waals surface area (Å²) in [5.74, 6) is -0.114. The van der Waals surface area contributed by atoms with Gasteiger partial charge in [-0.3, -0.25) is 9.69 Å². The van der Waals surface area contributed by atoms with E-state index in [1.165, 1.54) is 19.3 Å². The molecule has 114 valence electrons. The number of hydrogen-bond acceptors (Lipinski definition) is 3. The van der Waals surface area contributed by atoms with Crippen LogP contribution in [0.25, 0.3) is 0 Å². The molecule has 2 amide bonds. The third kappa shape index (κ3) is 3.85. The highest BCUT2D eigenvalue weighted by Gasteiger charge is 2.28. The van der Waals surface area contributed by atoms with Gasteiger partial charge in [-0.25, -0.2) is 4.79 Å². The van der Waals surface area contributed by atoms with Gasteiger partial charge in [-0.05, 0) is 25.7 Å². The minimum atomic E-state index is -0.801. The van der Waals surface area contributed by atoms with E-state index in [2.05, 4.69) is 0 Å². The largest absolute Gasteiger partial charge is 0.480 e. The third-order valence-corrected chi connectivity index (χ3v) is 4.36. The highest BCUT2D eigenvalue weighted by molar-refractivity contribution is 5.74. The Morgan fingerprint density at radius 1 is 1.20 bits per heavy atom. The summed E-state index contributed by atoms with van der Waals surface area (Å²) >= 11 is 0. The molecule has 0 atom stereocenters. The first-order valence-electron chi connectivity index (χ1n) is 7.58. The molecule has 6 nitrogen and oxygen atoms in total. The zero-order chi connectivity index (χ0) is 14.5. The molecule has 0 radical (unpaired) electrons. The summed E-state index contributed by atoms with van der Waals surface area (Å²) in [6, 6.07) is 0.120. The van der Waals surface area contributed by atoms with E-state index in [0.717, 1.165) is 13.1 Å². The van der Waals surface area contributed by atoms with Gasteiger partial charge in [0.25, 0.3) is 0 Å². The molecule has 6 heteroatoms. The maximum absolute atomic E-state index is 12.5. The van der Waals surface area contributed by atoms with Gasteiger partial charge in [-0.15, -0.1) is 0 Å². The molecule has 0 aromatic carbocycles. The van der Waals surface area contributed by atoms with Crippen molar-refractivity contribution < 1.29 is 14.7 Å². The fourth-order valence-corrected chi connectivity index (χ4v) is 2.82. The first-order chi connectivity index (χ1) is 9.60. The van der Waals surface area contributed by atoms with Crippen LogP contribution >= 0.6 is 0 Å². The Bertz CT molecular complexity index is 350. The smallest absolute Gasteiger partial charge is 0.320 e. The molecular weight excluding hydrogens is 258 g/mol. The highest BCUT2D eigenvalue weighted by atomic mass is 16.4. The predicted octanol–water partition coefficient (Wildman–Crippen LogP) is 0.931. The second-order valence-electron chi connectivity index (χ2n) is 5.78. The summed E-state index contributed by atoms with van der Waals surface area (Å²) in [4.78, 5) is 28.8. The van der Waals surface area contributed by atoms with E-state index in [4.69, 9.17) is 5.11 Å². The van der Waals surface area contributed by atoms with E-state index in [-0.39, 0.29) is 12.6 Å². The Labute approximate surface area is 120 Å². The number of carboxylic acids is 1. The topological polar surface area (TPSA) is 64.1 Å². The minimum absolute atomic E-state index is 0.0710. The number of amides is 2. The standard InChI is InChI=1S/C14H25N3O3/c1-2-16(10-12-4-3-5-12)14(20)17-8-6-15(7-9-17)11-13(18)19/h12H,2-11H2,1H3,(H,18,19). The fourth-order valence-electron chi connectivity index (χ4n) is 2.82. The number of hydrogen-bond donors (Lipinski definition) is 1. The van der Waals surface area contributed by atoms with Crippen LogP contribution < -0.4 is 0 Å². The van der Waals surface area contributed by atoms with Crippen molar-refractivity contribution in [3.05, 3.63) is 0 Å². The summed E-state index contributed by atoms with van der Waals surface area (Å²) in [6.07, 6.45) is 3.79. The van der Waals surface area contributed by atoms with E-state index in [0.29, 0.717) is 32.1 Å². The van der Waals surface area contributed by atoms with Crippen molar-refractivity contribution >= 4 is 12.0 Å². The van der Waals surface area contributed by atoms with Crippen molar-refractivity contribution in [1.29, 1.82) is 0 Å². The van der Waals surface area contributed by atoms with E-state index >= 15 is 0 Å². The van der Waals surface area contributed by atoms with Crippen LogP contribution in [0.2, 0.25) is 0 Å². The lowest BCUT2D eigenvalue weighted by atomic mass is 9.85. The van der Waals surface area contributed by atoms with Gasteiger partial charge >= 0.3 is 12.0 Å². The number of piperazine rings is 1. The molecule has 1 saturated carbocycles. The van der Waals surface area contributed by atoms with Crippen LogP contribution in [-0.4, -0.2) is 77.6 Å². The molecule has 1 aliphatic carbocycles. The Morgan fingerprint density at radius 2 is 1.85 bits per heavy atom. The van der Waals surface area contributed by atoms with Crippen molar-refractivity contribution in [3.63, 3.8) is 0 Å². The average Bonchev–Trinajstić information content (AvgIpc) is 2.37.